The van der Waals surface area contributed by atoms with Crippen molar-refractivity contribution in [2.24, 2.45) is 0 Å². The molecule has 32 heavy (non-hydrogen) atoms. The van der Waals surface area contributed by atoms with Crippen molar-refractivity contribution >= 4 is 23.5 Å². The number of aryl methyl sites for hydroxylation is 1. The third-order valence-electron chi connectivity index (χ3n) is 5.30. The van der Waals surface area contributed by atoms with Crippen LogP contribution in [0.4, 0.5) is 0 Å². The summed E-state index contributed by atoms with van der Waals surface area (Å²) in [6.07, 6.45) is 8.69. The van der Waals surface area contributed by atoms with Gasteiger partial charge in [0.25, 0.3) is 0 Å². The molecule has 162 valence electrons. The molecule has 0 atom stereocenters. The number of carbonyl (C=O) groups is 1. The van der Waals surface area contributed by atoms with Gasteiger partial charge in [-0.05, 0) is 61.9 Å². The van der Waals surface area contributed by atoms with E-state index in [4.69, 9.17) is 16.3 Å². The lowest BCUT2D eigenvalue weighted by atomic mass is 10.1. The highest BCUT2D eigenvalue weighted by molar-refractivity contribution is 6.31. The molecule has 2 aromatic carbocycles. The summed E-state index contributed by atoms with van der Waals surface area (Å²) in [7, 11) is 1.64. The van der Waals surface area contributed by atoms with Crippen LogP contribution in [0.25, 0.3) is 11.8 Å². The molecule has 0 fully saturated rings. The number of benzene rings is 2. The number of aromatic nitrogens is 4. The van der Waals surface area contributed by atoms with E-state index in [1.165, 1.54) is 0 Å². The molecule has 0 radical (unpaired) electrons. The zero-order chi connectivity index (χ0) is 22.7. The lowest BCUT2D eigenvalue weighted by molar-refractivity contribution is 0.104. The van der Waals surface area contributed by atoms with Gasteiger partial charge in [0.15, 0.2) is 5.78 Å². The van der Waals surface area contributed by atoms with Crippen LogP contribution in [-0.4, -0.2) is 32.2 Å². The van der Waals surface area contributed by atoms with E-state index in [1.54, 1.807) is 25.7 Å². The van der Waals surface area contributed by atoms with E-state index in [1.807, 2.05) is 77.8 Å². The summed E-state index contributed by atoms with van der Waals surface area (Å²) in [5, 5.41) is 5.17. The summed E-state index contributed by atoms with van der Waals surface area (Å²) in [4.78, 5) is 16.7. The largest absolute Gasteiger partial charge is 0.496 e. The lowest BCUT2D eigenvalue weighted by Crippen LogP contribution is -2.06. The highest BCUT2D eigenvalue weighted by Gasteiger charge is 2.12. The maximum atomic E-state index is 12.6. The van der Waals surface area contributed by atoms with E-state index in [0.717, 1.165) is 34.0 Å². The maximum Gasteiger partial charge on any atom is 0.185 e. The summed E-state index contributed by atoms with van der Waals surface area (Å²) >= 11 is 6.28. The quantitative estimate of drug-likeness (QED) is 0.286. The number of methoxy groups -OCH3 is 1. The molecule has 7 heteroatoms. The van der Waals surface area contributed by atoms with Gasteiger partial charge in [-0.3, -0.25) is 9.48 Å². The third-order valence-corrected chi connectivity index (χ3v) is 5.85. The molecule has 2 aromatic heterocycles. The molecule has 0 aliphatic rings. The molecular weight excluding hydrogens is 424 g/mol. The number of allylic oxidation sites excluding steroid dienone is 1. The first kappa shape index (κ1) is 21.6. The van der Waals surface area contributed by atoms with Crippen molar-refractivity contribution in [1.82, 2.24) is 19.3 Å². The van der Waals surface area contributed by atoms with Crippen LogP contribution in [0.1, 0.15) is 32.9 Å². The van der Waals surface area contributed by atoms with Gasteiger partial charge in [0, 0.05) is 29.2 Å². The number of nitrogens with zero attached hydrogens (tertiary/aromatic N) is 4. The minimum Gasteiger partial charge on any atom is -0.496 e. The summed E-state index contributed by atoms with van der Waals surface area (Å²) in [6.45, 7) is 4.35. The Morgan fingerprint density at radius 3 is 2.56 bits per heavy atom. The first-order valence-electron chi connectivity index (χ1n) is 10.1. The lowest BCUT2D eigenvalue weighted by Gasteiger charge is -2.11. The Balaban J connectivity index is 1.52. The summed E-state index contributed by atoms with van der Waals surface area (Å²) in [5.41, 5.74) is 5.12. The fourth-order valence-corrected chi connectivity index (χ4v) is 3.63. The highest BCUT2D eigenvalue weighted by Crippen LogP contribution is 2.25. The van der Waals surface area contributed by atoms with Crippen molar-refractivity contribution < 1.29 is 9.53 Å². The van der Waals surface area contributed by atoms with Gasteiger partial charge in [-0.2, -0.15) is 5.10 Å². The number of halogens is 1. The molecule has 0 aliphatic carbocycles. The van der Waals surface area contributed by atoms with Crippen LogP contribution in [-0.2, 0) is 6.54 Å². The molecule has 4 aromatic rings. The smallest absolute Gasteiger partial charge is 0.185 e. The molecule has 0 amide bonds. The van der Waals surface area contributed by atoms with Crippen LogP contribution in [0.3, 0.4) is 0 Å². The van der Waals surface area contributed by atoms with Gasteiger partial charge in [0.05, 0.1) is 36.4 Å². The van der Waals surface area contributed by atoms with Gasteiger partial charge in [-0.25, -0.2) is 4.98 Å². The van der Waals surface area contributed by atoms with Crippen molar-refractivity contribution in [1.29, 1.82) is 0 Å². The Morgan fingerprint density at radius 1 is 1.16 bits per heavy atom. The van der Waals surface area contributed by atoms with Crippen molar-refractivity contribution in [3.63, 3.8) is 0 Å². The predicted molar refractivity (Wildman–Crippen MR) is 126 cm³/mol. The van der Waals surface area contributed by atoms with Gasteiger partial charge in [0.2, 0.25) is 0 Å². The first-order valence-corrected chi connectivity index (χ1v) is 10.5. The normalized spacial score (nSPS) is 11.2. The van der Waals surface area contributed by atoms with Crippen molar-refractivity contribution in [2.75, 3.05) is 7.11 Å². The molecule has 2 heterocycles. The number of carbonyl (C=O) groups excluding carboxylic acids is 1. The zero-order valence-corrected chi connectivity index (χ0v) is 18.9. The number of hydrogen-bond donors (Lipinski definition) is 0. The summed E-state index contributed by atoms with van der Waals surface area (Å²) < 4.78 is 9.26. The molecule has 0 spiro atoms. The van der Waals surface area contributed by atoms with Crippen molar-refractivity contribution in [3.8, 4) is 11.4 Å². The highest BCUT2D eigenvalue weighted by atomic mass is 35.5. The van der Waals surface area contributed by atoms with Gasteiger partial charge in [0.1, 0.15) is 5.75 Å². The molecule has 4 rings (SSSR count). The predicted octanol–water partition coefficient (Wildman–Crippen LogP) is 5.29. The van der Waals surface area contributed by atoms with Crippen molar-refractivity contribution in [2.45, 2.75) is 20.4 Å². The number of ketones is 1. The molecule has 0 aliphatic heterocycles. The Hall–Kier alpha value is -3.64. The first-order chi connectivity index (χ1) is 15.5. The Kier molecular flexibility index (Phi) is 6.23. The molecule has 0 saturated carbocycles. The molecule has 0 N–H and O–H groups in total. The van der Waals surface area contributed by atoms with E-state index < -0.39 is 0 Å². The van der Waals surface area contributed by atoms with Crippen molar-refractivity contribution in [3.05, 3.63) is 100 Å². The average molecular weight is 447 g/mol. The van der Waals surface area contributed by atoms with Crippen LogP contribution in [0.5, 0.6) is 5.75 Å². The van der Waals surface area contributed by atoms with Crippen LogP contribution in [0.2, 0.25) is 5.02 Å². The maximum absolute atomic E-state index is 12.6. The molecule has 6 nitrogen and oxygen atoms in total. The number of ether oxygens (including phenoxy) is 1. The van der Waals surface area contributed by atoms with Gasteiger partial charge < -0.3 is 9.30 Å². The fraction of sp³-hybridized carbons (Fsp3) is 0.160. The van der Waals surface area contributed by atoms with E-state index in [2.05, 4.69) is 10.1 Å². The number of hydrogen-bond acceptors (Lipinski definition) is 4. The second-order valence-electron chi connectivity index (χ2n) is 7.43. The van der Waals surface area contributed by atoms with Crippen LogP contribution in [0.15, 0.2) is 67.3 Å². The molecule has 0 unspecified atom stereocenters. The van der Waals surface area contributed by atoms with E-state index in [0.29, 0.717) is 17.1 Å². The summed E-state index contributed by atoms with van der Waals surface area (Å²) in [6, 6.07) is 13.2. The Labute approximate surface area is 191 Å². The number of rotatable bonds is 7. The zero-order valence-electron chi connectivity index (χ0n) is 18.1. The minimum absolute atomic E-state index is 0.0649. The average Bonchev–Trinajstić information content (AvgIpc) is 3.43. The molecule has 0 bridgehead atoms. The topological polar surface area (TPSA) is 61.9 Å². The fourth-order valence-electron chi connectivity index (χ4n) is 3.49. The number of imidazole rings is 1. The second-order valence-corrected chi connectivity index (χ2v) is 7.81. The standard InChI is InChI=1S/C25H23ClN4O2/c1-17-25(26)18(2)30(28-17)15-21-14-19(5-11-24(21)32-3)4-10-23(31)20-6-8-22(9-7-20)29-13-12-27-16-29/h4-14,16H,15H2,1-3H3/b10-4+. The third kappa shape index (κ3) is 4.50. The van der Waals surface area contributed by atoms with Gasteiger partial charge >= 0.3 is 0 Å². The van der Waals surface area contributed by atoms with Gasteiger partial charge in [-0.1, -0.05) is 23.7 Å². The Morgan fingerprint density at radius 2 is 1.94 bits per heavy atom. The minimum atomic E-state index is -0.0649. The van der Waals surface area contributed by atoms with Gasteiger partial charge in [-0.15, -0.1) is 0 Å². The van der Waals surface area contributed by atoms with E-state index in [9.17, 15) is 4.79 Å². The Bertz CT molecular complexity index is 1270. The molecular formula is C25H23ClN4O2. The summed E-state index contributed by atoms with van der Waals surface area (Å²) in [5.74, 6) is 0.692. The van der Waals surface area contributed by atoms with Crippen LogP contribution in [0, 0.1) is 13.8 Å². The van der Waals surface area contributed by atoms with Crippen LogP contribution < -0.4 is 4.74 Å². The van der Waals surface area contributed by atoms with Crippen LogP contribution >= 0.6 is 11.6 Å². The van der Waals surface area contributed by atoms with E-state index in [-0.39, 0.29) is 5.78 Å². The SMILES string of the molecule is COc1ccc(/C=C/C(=O)c2ccc(-n3ccnc3)cc2)cc1Cn1nc(C)c(Cl)c1C. The van der Waals surface area contributed by atoms with E-state index >= 15 is 0 Å². The molecule has 0 saturated heterocycles. The monoisotopic (exact) mass is 446 g/mol. The second kappa shape index (κ2) is 9.24.